The molecule has 2 aromatic heterocycles. The Morgan fingerprint density at radius 3 is 2.44 bits per heavy atom. The average Bonchev–Trinajstić information content (AvgIpc) is 2.69. The van der Waals surface area contributed by atoms with E-state index in [-0.39, 0.29) is 5.69 Å². The number of aromatic nitrogens is 4. The lowest BCUT2D eigenvalue weighted by atomic mass is 10.3. The third-order valence-corrected chi connectivity index (χ3v) is 2.60. The van der Waals surface area contributed by atoms with Crippen molar-refractivity contribution in [2.45, 2.75) is 0 Å². The Morgan fingerprint density at radius 1 is 1.31 bits per heavy atom. The highest BCUT2D eigenvalue weighted by atomic mass is 79.9. The number of carboxylic acid groups (broad SMARTS) is 1. The Labute approximate surface area is 99.6 Å². The van der Waals surface area contributed by atoms with Gasteiger partial charge in [-0.2, -0.15) is 10.2 Å². The van der Waals surface area contributed by atoms with Gasteiger partial charge in [0.1, 0.15) is 16.0 Å². The van der Waals surface area contributed by atoms with Crippen molar-refractivity contribution >= 4 is 21.9 Å². The minimum absolute atomic E-state index is 0.146. The van der Waals surface area contributed by atoms with Gasteiger partial charge in [0, 0.05) is 26.2 Å². The molecular weight excluding hydrogens is 276 g/mol. The summed E-state index contributed by atoms with van der Waals surface area (Å²) in [6, 6.07) is 3.31. The number of aryl methyl sites for hydroxylation is 2. The van der Waals surface area contributed by atoms with Crippen molar-refractivity contribution in [1.82, 2.24) is 19.6 Å². The van der Waals surface area contributed by atoms with E-state index >= 15 is 0 Å². The van der Waals surface area contributed by atoms with E-state index in [9.17, 15) is 4.79 Å². The van der Waals surface area contributed by atoms with Crippen molar-refractivity contribution in [3.8, 4) is 11.4 Å². The van der Waals surface area contributed by atoms with E-state index in [4.69, 9.17) is 5.11 Å². The monoisotopic (exact) mass is 284 g/mol. The molecule has 0 saturated carbocycles. The second-order valence-electron chi connectivity index (χ2n) is 3.32. The predicted molar refractivity (Wildman–Crippen MR) is 60.1 cm³/mol. The molecule has 0 aliphatic heterocycles. The van der Waals surface area contributed by atoms with Crippen LogP contribution in [0, 0.1) is 0 Å². The molecule has 0 atom stereocenters. The van der Waals surface area contributed by atoms with Crippen LogP contribution >= 0.6 is 15.9 Å². The first-order valence-electron chi connectivity index (χ1n) is 4.46. The first kappa shape index (κ1) is 10.9. The molecule has 0 radical (unpaired) electrons. The molecule has 2 heterocycles. The molecule has 1 N–H and O–H groups in total. The van der Waals surface area contributed by atoms with E-state index in [2.05, 4.69) is 26.1 Å². The molecule has 0 spiro atoms. The van der Waals surface area contributed by atoms with Gasteiger partial charge in [-0.05, 0) is 15.9 Å². The van der Waals surface area contributed by atoms with Gasteiger partial charge in [0.2, 0.25) is 0 Å². The molecule has 0 aromatic carbocycles. The van der Waals surface area contributed by atoms with Crippen LogP contribution in [0.25, 0.3) is 11.4 Å². The van der Waals surface area contributed by atoms with Crippen LogP contribution in [0.3, 0.4) is 0 Å². The summed E-state index contributed by atoms with van der Waals surface area (Å²) in [5.41, 5.74) is 1.49. The second-order valence-corrected chi connectivity index (χ2v) is 4.13. The van der Waals surface area contributed by atoms with E-state index in [0.29, 0.717) is 10.3 Å². The molecule has 0 amide bonds. The maximum absolute atomic E-state index is 10.9. The molecule has 7 heteroatoms. The normalized spacial score (nSPS) is 10.7. The van der Waals surface area contributed by atoms with E-state index in [1.165, 1.54) is 10.7 Å². The lowest BCUT2D eigenvalue weighted by molar-refractivity contribution is 0.0685. The topological polar surface area (TPSA) is 72.9 Å². The van der Waals surface area contributed by atoms with Gasteiger partial charge in [0.15, 0.2) is 0 Å². The van der Waals surface area contributed by atoms with Crippen LogP contribution in [0.1, 0.15) is 10.5 Å². The number of aromatic carboxylic acids is 1. The lowest BCUT2D eigenvalue weighted by Gasteiger charge is -1.95. The average molecular weight is 285 g/mol. The standard InChI is InChI=1S/C9H9BrN4O2/c1-13-6(4-8(10)12-13)5-3-7(9(15)16)14(2)11-5/h3-4H,1-2H3,(H,15,16). The zero-order chi connectivity index (χ0) is 11.9. The van der Waals surface area contributed by atoms with Crippen LogP contribution < -0.4 is 0 Å². The second kappa shape index (κ2) is 3.75. The molecule has 84 valence electrons. The van der Waals surface area contributed by atoms with Crippen LogP contribution in [0.4, 0.5) is 0 Å². The molecule has 16 heavy (non-hydrogen) atoms. The summed E-state index contributed by atoms with van der Waals surface area (Å²) in [7, 11) is 3.37. The minimum atomic E-state index is -0.998. The van der Waals surface area contributed by atoms with Gasteiger partial charge in [-0.25, -0.2) is 4.79 Å². The molecule has 6 nitrogen and oxygen atoms in total. The maximum atomic E-state index is 10.9. The van der Waals surface area contributed by atoms with E-state index in [0.717, 1.165) is 5.69 Å². The number of carbonyl (C=O) groups is 1. The van der Waals surface area contributed by atoms with Crippen molar-refractivity contribution in [1.29, 1.82) is 0 Å². The Hall–Kier alpha value is -1.63. The quantitative estimate of drug-likeness (QED) is 0.902. The number of nitrogens with zero attached hydrogens (tertiary/aromatic N) is 4. The maximum Gasteiger partial charge on any atom is 0.354 e. The third kappa shape index (κ3) is 1.73. The number of hydrogen-bond donors (Lipinski definition) is 1. The molecule has 2 rings (SSSR count). The van der Waals surface area contributed by atoms with Gasteiger partial charge in [-0.1, -0.05) is 0 Å². The van der Waals surface area contributed by atoms with Crippen molar-refractivity contribution in [2.75, 3.05) is 0 Å². The molecule has 0 saturated heterocycles. The zero-order valence-corrected chi connectivity index (χ0v) is 10.3. The minimum Gasteiger partial charge on any atom is -0.477 e. The van der Waals surface area contributed by atoms with Crippen LogP contribution in [0.5, 0.6) is 0 Å². The van der Waals surface area contributed by atoms with Crippen molar-refractivity contribution in [2.24, 2.45) is 14.1 Å². The molecule has 0 unspecified atom stereocenters. The van der Waals surface area contributed by atoms with Crippen molar-refractivity contribution in [3.63, 3.8) is 0 Å². The molecule has 0 aliphatic carbocycles. The fourth-order valence-corrected chi connectivity index (χ4v) is 1.92. The molecule has 2 aromatic rings. The SMILES string of the molecule is Cn1nc(-c2cc(Br)nn2C)cc1C(=O)O. The number of halogens is 1. The fourth-order valence-electron chi connectivity index (χ4n) is 1.46. The number of rotatable bonds is 2. The highest BCUT2D eigenvalue weighted by Gasteiger charge is 2.15. The van der Waals surface area contributed by atoms with Gasteiger partial charge in [-0.3, -0.25) is 9.36 Å². The van der Waals surface area contributed by atoms with Crippen LogP contribution in [-0.4, -0.2) is 30.6 Å². The number of hydrogen-bond acceptors (Lipinski definition) is 3. The largest absolute Gasteiger partial charge is 0.477 e. The van der Waals surface area contributed by atoms with Crippen LogP contribution in [-0.2, 0) is 14.1 Å². The van der Waals surface area contributed by atoms with E-state index < -0.39 is 5.97 Å². The highest BCUT2D eigenvalue weighted by molar-refractivity contribution is 9.10. The molecule has 0 bridgehead atoms. The molecule has 0 fully saturated rings. The molecule has 0 aliphatic rings. The van der Waals surface area contributed by atoms with Gasteiger partial charge in [0.05, 0.1) is 5.69 Å². The predicted octanol–water partition coefficient (Wildman–Crippen LogP) is 1.28. The zero-order valence-electron chi connectivity index (χ0n) is 8.68. The Kier molecular flexibility index (Phi) is 2.55. The van der Waals surface area contributed by atoms with E-state index in [1.54, 1.807) is 24.8 Å². The summed E-state index contributed by atoms with van der Waals surface area (Å²) in [5.74, 6) is -0.998. The van der Waals surface area contributed by atoms with Gasteiger partial charge >= 0.3 is 5.97 Å². The first-order valence-corrected chi connectivity index (χ1v) is 5.25. The Morgan fingerprint density at radius 2 is 2.00 bits per heavy atom. The van der Waals surface area contributed by atoms with Crippen LogP contribution in [0.2, 0.25) is 0 Å². The third-order valence-electron chi connectivity index (χ3n) is 2.21. The smallest absolute Gasteiger partial charge is 0.354 e. The first-order chi connectivity index (χ1) is 7.49. The van der Waals surface area contributed by atoms with Gasteiger partial charge in [-0.15, -0.1) is 0 Å². The summed E-state index contributed by atoms with van der Waals surface area (Å²) in [6.07, 6.45) is 0. The van der Waals surface area contributed by atoms with Gasteiger partial charge < -0.3 is 5.11 Å². The lowest BCUT2D eigenvalue weighted by Crippen LogP contribution is -2.04. The number of carboxylic acids is 1. The summed E-state index contributed by atoms with van der Waals surface area (Å²) in [5, 5.41) is 17.1. The van der Waals surface area contributed by atoms with Crippen molar-refractivity contribution < 1.29 is 9.90 Å². The van der Waals surface area contributed by atoms with Crippen LogP contribution in [0.15, 0.2) is 16.7 Å². The Balaban J connectivity index is 2.53. The highest BCUT2D eigenvalue weighted by Crippen LogP contribution is 2.21. The van der Waals surface area contributed by atoms with Gasteiger partial charge in [0.25, 0.3) is 0 Å². The summed E-state index contributed by atoms with van der Waals surface area (Å²) in [4.78, 5) is 10.9. The summed E-state index contributed by atoms with van der Waals surface area (Å²) in [6.45, 7) is 0. The summed E-state index contributed by atoms with van der Waals surface area (Å²) >= 11 is 3.25. The molecular formula is C9H9BrN4O2. The van der Waals surface area contributed by atoms with Crippen molar-refractivity contribution in [3.05, 3.63) is 22.4 Å². The fraction of sp³-hybridized carbons (Fsp3) is 0.222. The van der Waals surface area contributed by atoms with E-state index in [1.807, 2.05) is 0 Å². The Bertz CT molecular complexity index is 558. The summed E-state index contributed by atoms with van der Waals surface area (Å²) < 4.78 is 3.66.